The van der Waals surface area contributed by atoms with Crippen LogP contribution in [0.2, 0.25) is 0 Å². The minimum Gasteiger partial charge on any atom is -0.469 e. The predicted octanol–water partition coefficient (Wildman–Crippen LogP) is 1.83. The smallest absolute Gasteiger partial charge is 0.310 e. The van der Waals surface area contributed by atoms with Gasteiger partial charge in [0.1, 0.15) is 0 Å². The first kappa shape index (κ1) is 13.4. The molecule has 102 valence electrons. The van der Waals surface area contributed by atoms with E-state index in [4.69, 9.17) is 4.74 Å². The summed E-state index contributed by atoms with van der Waals surface area (Å²) in [5.74, 6) is 0.922. The second-order valence-corrected chi connectivity index (χ2v) is 5.75. The standard InChI is InChI=1S/C14H23NO3/c1-10-3-5-11(6-4-10)13(16)15-8-7-12(9-15)14(17)18-2/h10-12H,3-9H2,1-2H3. The zero-order valence-electron chi connectivity index (χ0n) is 11.4. The molecule has 0 aromatic heterocycles. The minimum absolute atomic E-state index is 0.110. The van der Waals surface area contributed by atoms with Gasteiger partial charge in [0.25, 0.3) is 0 Å². The van der Waals surface area contributed by atoms with Crippen molar-refractivity contribution >= 4 is 11.9 Å². The molecule has 0 bridgehead atoms. The molecule has 1 aliphatic carbocycles. The van der Waals surface area contributed by atoms with Crippen LogP contribution >= 0.6 is 0 Å². The number of esters is 1. The fourth-order valence-electron chi connectivity index (χ4n) is 3.08. The van der Waals surface area contributed by atoms with Crippen LogP contribution in [-0.2, 0) is 14.3 Å². The summed E-state index contributed by atoms with van der Waals surface area (Å²) in [6.45, 7) is 3.52. The third-order valence-electron chi connectivity index (χ3n) is 4.40. The van der Waals surface area contributed by atoms with Crippen molar-refractivity contribution in [1.29, 1.82) is 0 Å². The van der Waals surface area contributed by atoms with Gasteiger partial charge in [0, 0.05) is 19.0 Å². The molecule has 1 unspecified atom stereocenters. The molecule has 1 heterocycles. The number of hydrogen-bond acceptors (Lipinski definition) is 3. The third kappa shape index (κ3) is 2.85. The third-order valence-corrected chi connectivity index (χ3v) is 4.40. The Kier molecular flexibility index (Phi) is 4.25. The summed E-state index contributed by atoms with van der Waals surface area (Å²) in [6, 6.07) is 0. The lowest BCUT2D eigenvalue weighted by Crippen LogP contribution is -2.36. The van der Waals surface area contributed by atoms with E-state index in [1.807, 2.05) is 4.90 Å². The molecule has 0 aromatic rings. The fraction of sp³-hybridized carbons (Fsp3) is 0.857. The van der Waals surface area contributed by atoms with E-state index in [0.29, 0.717) is 13.1 Å². The lowest BCUT2D eigenvalue weighted by atomic mass is 9.82. The summed E-state index contributed by atoms with van der Waals surface area (Å²) in [4.78, 5) is 25.6. The van der Waals surface area contributed by atoms with Crippen molar-refractivity contribution in [2.75, 3.05) is 20.2 Å². The maximum absolute atomic E-state index is 12.3. The van der Waals surface area contributed by atoms with Crippen LogP contribution in [-0.4, -0.2) is 37.0 Å². The molecular weight excluding hydrogens is 230 g/mol. The molecule has 1 aliphatic heterocycles. The summed E-state index contributed by atoms with van der Waals surface area (Å²) in [7, 11) is 1.41. The average molecular weight is 253 g/mol. The molecule has 4 nitrogen and oxygen atoms in total. The second-order valence-electron chi connectivity index (χ2n) is 5.75. The van der Waals surface area contributed by atoms with Gasteiger partial charge in [-0.05, 0) is 38.0 Å². The van der Waals surface area contributed by atoms with Crippen LogP contribution in [0.1, 0.15) is 39.0 Å². The lowest BCUT2D eigenvalue weighted by Gasteiger charge is -2.28. The van der Waals surface area contributed by atoms with Crippen molar-refractivity contribution in [2.24, 2.45) is 17.8 Å². The number of amides is 1. The van der Waals surface area contributed by atoms with Crippen LogP contribution in [0, 0.1) is 17.8 Å². The zero-order chi connectivity index (χ0) is 13.1. The lowest BCUT2D eigenvalue weighted by molar-refractivity contribution is -0.145. The molecule has 4 heteroatoms. The molecule has 2 rings (SSSR count). The van der Waals surface area contributed by atoms with Gasteiger partial charge in [0.05, 0.1) is 13.0 Å². The molecule has 0 radical (unpaired) electrons. The van der Waals surface area contributed by atoms with Crippen LogP contribution in [0.25, 0.3) is 0 Å². The number of carbonyl (C=O) groups is 2. The monoisotopic (exact) mass is 253 g/mol. The van der Waals surface area contributed by atoms with Gasteiger partial charge in [-0.3, -0.25) is 9.59 Å². The maximum Gasteiger partial charge on any atom is 0.310 e. The fourth-order valence-corrected chi connectivity index (χ4v) is 3.08. The second kappa shape index (κ2) is 5.72. The van der Waals surface area contributed by atoms with E-state index in [1.54, 1.807) is 0 Å². The average Bonchev–Trinajstić information content (AvgIpc) is 2.87. The Bertz CT molecular complexity index is 321. The first-order valence-electron chi connectivity index (χ1n) is 6.98. The number of carbonyl (C=O) groups excluding carboxylic acids is 2. The van der Waals surface area contributed by atoms with Gasteiger partial charge in [0.2, 0.25) is 5.91 Å². The zero-order valence-corrected chi connectivity index (χ0v) is 11.4. The number of rotatable bonds is 2. The van der Waals surface area contributed by atoms with Crippen molar-refractivity contribution in [3.8, 4) is 0 Å². The highest BCUT2D eigenvalue weighted by molar-refractivity contribution is 5.81. The van der Waals surface area contributed by atoms with Crippen molar-refractivity contribution in [3.63, 3.8) is 0 Å². The molecular formula is C14H23NO3. The minimum atomic E-state index is -0.178. The van der Waals surface area contributed by atoms with Gasteiger partial charge >= 0.3 is 5.97 Å². The molecule has 2 fully saturated rings. The Morgan fingerprint density at radius 2 is 1.72 bits per heavy atom. The summed E-state index contributed by atoms with van der Waals surface area (Å²) >= 11 is 0. The first-order valence-corrected chi connectivity index (χ1v) is 6.98. The molecule has 2 aliphatic rings. The molecule has 0 N–H and O–H groups in total. The van der Waals surface area contributed by atoms with Crippen molar-refractivity contribution in [3.05, 3.63) is 0 Å². The van der Waals surface area contributed by atoms with E-state index in [1.165, 1.54) is 7.11 Å². The van der Waals surface area contributed by atoms with Crippen molar-refractivity contribution in [1.82, 2.24) is 4.90 Å². The van der Waals surface area contributed by atoms with Gasteiger partial charge in [-0.25, -0.2) is 0 Å². The van der Waals surface area contributed by atoms with E-state index in [2.05, 4.69) is 6.92 Å². The van der Waals surface area contributed by atoms with Crippen LogP contribution in [0.4, 0.5) is 0 Å². The highest BCUT2D eigenvalue weighted by Gasteiger charge is 2.35. The number of nitrogens with zero attached hydrogens (tertiary/aromatic N) is 1. The Morgan fingerprint density at radius 1 is 1.06 bits per heavy atom. The van der Waals surface area contributed by atoms with E-state index >= 15 is 0 Å². The van der Waals surface area contributed by atoms with Gasteiger partial charge in [-0.1, -0.05) is 6.92 Å². The van der Waals surface area contributed by atoms with Crippen LogP contribution < -0.4 is 0 Å². The van der Waals surface area contributed by atoms with Crippen molar-refractivity contribution < 1.29 is 14.3 Å². The highest BCUT2D eigenvalue weighted by Crippen LogP contribution is 2.31. The quantitative estimate of drug-likeness (QED) is 0.705. The Morgan fingerprint density at radius 3 is 2.33 bits per heavy atom. The number of methoxy groups -OCH3 is 1. The Labute approximate surface area is 109 Å². The molecule has 1 saturated carbocycles. The molecule has 18 heavy (non-hydrogen) atoms. The molecule has 0 spiro atoms. The number of ether oxygens (including phenoxy) is 1. The largest absolute Gasteiger partial charge is 0.469 e. The van der Waals surface area contributed by atoms with E-state index in [9.17, 15) is 9.59 Å². The highest BCUT2D eigenvalue weighted by atomic mass is 16.5. The van der Waals surface area contributed by atoms with Crippen LogP contribution in [0.5, 0.6) is 0 Å². The Hall–Kier alpha value is -1.06. The topological polar surface area (TPSA) is 46.6 Å². The molecule has 1 amide bonds. The Balaban J connectivity index is 1.85. The van der Waals surface area contributed by atoms with Gasteiger partial charge < -0.3 is 9.64 Å². The summed E-state index contributed by atoms with van der Waals surface area (Å²) < 4.78 is 4.74. The predicted molar refractivity (Wildman–Crippen MR) is 67.8 cm³/mol. The van der Waals surface area contributed by atoms with Gasteiger partial charge in [0.15, 0.2) is 0 Å². The van der Waals surface area contributed by atoms with Crippen LogP contribution in [0.3, 0.4) is 0 Å². The molecule has 0 aromatic carbocycles. The van der Waals surface area contributed by atoms with Gasteiger partial charge in [-0.15, -0.1) is 0 Å². The summed E-state index contributed by atoms with van der Waals surface area (Å²) in [6.07, 6.45) is 5.09. The first-order chi connectivity index (χ1) is 8.61. The van der Waals surface area contributed by atoms with Crippen molar-refractivity contribution in [2.45, 2.75) is 39.0 Å². The van der Waals surface area contributed by atoms with E-state index in [-0.39, 0.29) is 23.7 Å². The van der Waals surface area contributed by atoms with Gasteiger partial charge in [-0.2, -0.15) is 0 Å². The molecule has 1 atom stereocenters. The van der Waals surface area contributed by atoms with Crippen LogP contribution in [0.15, 0.2) is 0 Å². The SMILES string of the molecule is COC(=O)C1CCN(C(=O)C2CCC(C)CC2)C1. The normalized spacial score (nSPS) is 32.3. The van der Waals surface area contributed by atoms with E-state index < -0.39 is 0 Å². The van der Waals surface area contributed by atoms with E-state index in [0.717, 1.165) is 38.0 Å². The maximum atomic E-state index is 12.3. The number of hydrogen-bond donors (Lipinski definition) is 0. The number of likely N-dealkylation sites (tertiary alicyclic amines) is 1. The summed E-state index contributed by atoms with van der Waals surface area (Å²) in [5.41, 5.74) is 0. The summed E-state index contributed by atoms with van der Waals surface area (Å²) in [5, 5.41) is 0. The molecule has 1 saturated heterocycles.